The molecule has 0 saturated carbocycles. The molecule has 0 aliphatic carbocycles. The van der Waals surface area contributed by atoms with Crippen LogP contribution in [0.1, 0.15) is 5.56 Å². The smallest absolute Gasteiger partial charge is 0.229 e. The van der Waals surface area contributed by atoms with Crippen LogP contribution in [0.2, 0.25) is 0 Å². The maximum atomic E-state index is 11.3. The molecular formula is C14H15NO3S. The molecule has 0 aliphatic heterocycles. The zero-order chi connectivity index (χ0) is 13.7. The van der Waals surface area contributed by atoms with Crippen LogP contribution in [0.5, 0.6) is 5.75 Å². The van der Waals surface area contributed by atoms with Crippen LogP contribution in [-0.2, 0) is 16.6 Å². The van der Waals surface area contributed by atoms with Gasteiger partial charge in [0.2, 0.25) is 10.0 Å². The molecule has 0 fully saturated rings. The van der Waals surface area contributed by atoms with Crippen LogP contribution < -0.4 is 9.46 Å². The van der Waals surface area contributed by atoms with Crippen LogP contribution in [0, 0.1) is 0 Å². The van der Waals surface area contributed by atoms with Crippen molar-refractivity contribution < 1.29 is 13.2 Å². The van der Waals surface area contributed by atoms with Gasteiger partial charge in [-0.2, -0.15) is 0 Å². The van der Waals surface area contributed by atoms with Crippen LogP contribution in [0.25, 0.3) is 0 Å². The predicted molar refractivity (Wildman–Crippen MR) is 75.7 cm³/mol. The Labute approximate surface area is 113 Å². The monoisotopic (exact) mass is 277 g/mol. The zero-order valence-electron chi connectivity index (χ0n) is 10.5. The molecule has 0 spiro atoms. The third kappa shape index (κ3) is 4.30. The highest BCUT2D eigenvalue weighted by Gasteiger charge is 2.07. The molecule has 2 rings (SSSR count). The van der Waals surface area contributed by atoms with Gasteiger partial charge in [-0.1, -0.05) is 42.5 Å². The van der Waals surface area contributed by atoms with E-state index in [9.17, 15) is 8.42 Å². The molecule has 2 aromatic carbocycles. The third-order valence-corrected chi connectivity index (χ3v) is 3.01. The van der Waals surface area contributed by atoms with E-state index in [2.05, 4.69) is 4.72 Å². The number of benzene rings is 2. The highest BCUT2D eigenvalue weighted by molar-refractivity contribution is 7.92. The first-order valence-electron chi connectivity index (χ1n) is 5.78. The average molecular weight is 277 g/mol. The lowest BCUT2D eigenvalue weighted by Gasteiger charge is -2.12. The van der Waals surface area contributed by atoms with Crippen molar-refractivity contribution in [1.29, 1.82) is 0 Å². The van der Waals surface area contributed by atoms with Gasteiger partial charge >= 0.3 is 0 Å². The molecular weight excluding hydrogens is 262 g/mol. The second kappa shape index (κ2) is 5.75. The Balaban J connectivity index is 2.12. The molecule has 0 unspecified atom stereocenters. The Morgan fingerprint density at radius 3 is 2.32 bits per heavy atom. The minimum Gasteiger partial charge on any atom is -0.487 e. The van der Waals surface area contributed by atoms with Crippen molar-refractivity contribution >= 4 is 15.7 Å². The van der Waals surface area contributed by atoms with E-state index in [-0.39, 0.29) is 0 Å². The van der Waals surface area contributed by atoms with E-state index >= 15 is 0 Å². The fourth-order valence-electron chi connectivity index (χ4n) is 1.61. The molecule has 0 amide bonds. The number of anilines is 1. The molecule has 0 aliphatic rings. The van der Waals surface area contributed by atoms with E-state index in [1.54, 1.807) is 24.3 Å². The quantitative estimate of drug-likeness (QED) is 0.914. The molecule has 19 heavy (non-hydrogen) atoms. The summed E-state index contributed by atoms with van der Waals surface area (Å²) in [5, 5.41) is 0. The van der Waals surface area contributed by atoms with Crippen molar-refractivity contribution in [2.75, 3.05) is 11.0 Å². The van der Waals surface area contributed by atoms with Crippen molar-refractivity contribution in [2.45, 2.75) is 6.61 Å². The third-order valence-electron chi connectivity index (χ3n) is 2.42. The topological polar surface area (TPSA) is 55.4 Å². The van der Waals surface area contributed by atoms with Crippen molar-refractivity contribution in [1.82, 2.24) is 0 Å². The standard InChI is InChI=1S/C14H15NO3S/c1-19(16,17)15-13-9-5-6-10-14(13)18-11-12-7-3-2-4-8-12/h2-10,15H,11H2,1H3. The van der Waals surface area contributed by atoms with E-state index < -0.39 is 10.0 Å². The number of hydrogen-bond acceptors (Lipinski definition) is 3. The van der Waals surface area contributed by atoms with Gasteiger partial charge in [0.05, 0.1) is 11.9 Å². The summed E-state index contributed by atoms with van der Waals surface area (Å²) in [6.45, 7) is 0.392. The van der Waals surface area contributed by atoms with Gasteiger partial charge in [0.15, 0.2) is 0 Å². The highest BCUT2D eigenvalue weighted by Crippen LogP contribution is 2.25. The summed E-state index contributed by atoms with van der Waals surface area (Å²) < 4.78 is 30.6. The summed E-state index contributed by atoms with van der Waals surface area (Å²) in [6, 6.07) is 16.6. The van der Waals surface area contributed by atoms with Gasteiger partial charge in [0.1, 0.15) is 12.4 Å². The molecule has 5 heteroatoms. The maximum Gasteiger partial charge on any atom is 0.229 e. The van der Waals surface area contributed by atoms with Crippen molar-refractivity contribution in [3.8, 4) is 5.75 Å². The summed E-state index contributed by atoms with van der Waals surface area (Å²) in [6.07, 6.45) is 1.11. The zero-order valence-corrected chi connectivity index (χ0v) is 11.4. The second-order valence-corrected chi connectivity index (χ2v) is 5.89. The highest BCUT2D eigenvalue weighted by atomic mass is 32.2. The summed E-state index contributed by atoms with van der Waals surface area (Å²) in [5.41, 5.74) is 1.47. The Bertz CT molecular complexity index is 639. The molecule has 2 aromatic rings. The SMILES string of the molecule is CS(=O)(=O)Nc1ccccc1OCc1ccccc1. The van der Waals surface area contributed by atoms with Crippen molar-refractivity contribution in [2.24, 2.45) is 0 Å². The largest absolute Gasteiger partial charge is 0.487 e. The Morgan fingerprint density at radius 1 is 1.00 bits per heavy atom. The van der Waals surface area contributed by atoms with E-state index in [1.807, 2.05) is 30.3 Å². The first-order valence-corrected chi connectivity index (χ1v) is 7.67. The molecule has 100 valence electrons. The summed E-state index contributed by atoms with van der Waals surface area (Å²) in [7, 11) is -3.31. The average Bonchev–Trinajstić information content (AvgIpc) is 2.37. The van der Waals surface area contributed by atoms with Crippen LogP contribution in [0.15, 0.2) is 54.6 Å². The molecule has 0 bridgehead atoms. The second-order valence-electron chi connectivity index (χ2n) is 4.14. The summed E-state index contributed by atoms with van der Waals surface area (Å²) in [5.74, 6) is 0.511. The van der Waals surface area contributed by atoms with Gasteiger partial charge in [0.25, 0.3) is 0 Å². The number of hydrogen-bond donors (Lipinski definition) is 1. The minimum atomic E-state index is -3.31. The molecule has 0 atom stereocenters. The molecule has 4 nitrogen and oxygen atoms in total. The van der Waals surface area contributed by atoms with Crippen LogP contribution in [0.4, 0.5) is 5.69 Å². The van der Waals surface area contributed by atoms with Gasteiger partial charge in [0, 0.05) is 0 Å². The van der Waals surface area contributed by atoms with Crippen molar-refractivity contribution in [3.05, 3.63) is 60.2 Å². The number of sulfonamides is 1. The Morgan fingerprint density at radius 2 is 1.63 bits per heavy atom. The lowest BCUT2D eigenvalue weighted by Crippen LogP contribution is -2.10. The van der Waals surface area contributed by atoms with Crippen LogP contribution >= 0.6 is 0 Å². The predicted octanol–water partition coefficient (Wildman–Crippen LogP) is 2.64. The van der Waals surface area contributed by atoms with E-state index in [4.69, 9.17) is 4.74 Å². The number of para-hydroxylation sites is 2. The Kier molecular flexibility index (Phi) is 4.06. The van der Waals surface area contributed by atoms with E-state index in [0.717, 1.165) is 11.8 Å². The molecule has 0 aromatic heterocycles. The van der Waals surface area contributed by atoms with Crippen LogP contribution in [0.3, 0.4) is 0 Å². The Hall–Kier alpha value is -2.01. The maximum absolute atomic E-state index is 11.3. The fraction of sp³-hybridized carbons (Fsp3) is 0.143. The summed E-state index contributed by atoms with van der Waals surface area (Å²) in [4.78, 5) is 0. The van der Waals surface area contributed by atoms with Gasteiger partial charge in [-0.25, -0.2) is 8.42 Å². The molecule has 1 N–H and O–H groups in total. The van der Waals surface area contributed by atoms with E-state index in [1.165, 1.54) is 0 Å². The normalized spacial score (nSPS) is 11.0. The first-order chi connectivity index (χ1) is 9.04. The van der Waals surface area contributed by atoms with Crippen molar-refractivity contribution in [3.63, 3.8) is 0 Å². The first kappa shape index (κ1) is 13.4. The van der Waals surface area contributed by atoms with E-state index in [0.29, 0.717) is 18.0 Å². The molecule has 0 saturated heterocycles. The van der Waals surface area contributed by atoms with Gasteiger partial charge in [-0.05, 0) is 17.7 Å². The van der Waals surface area contributed by atoms with Gasteiger partial charge in [-0.15, -0.1) is 0 Å². The summed E-state index contributed by atoms with van der Waals surface area (Å²) >= 11 is 0. The molecule has 0 heterocycles. The lowest BCUT2D eigenvalue weighted by molar-refractivity contribution is 0.308. The molecule has 0 radical (unpaired) electrons. The van der Waals surface area contributed by atoms with Crippen LogP contribution in [-0.4, -0.2) is 14.7 Å². The number of nitrogens with one attached hydrogen (secondary N) is 1. The van der Waals surface area contributed by atoms with Gasteiger partial charge < -0.3 is 4.74 Å². The fourth-order valence-corrected chi connectivity index (χ4v) is 2.18. The number of rotatable bonds is 5. The van der Waals surface area contributed by atoms with Gasteiger partial charge in [-0.3, -0.25) is 4.72 Å². The number of ether oxygens (including phenoxy) is 1. The lowest BCUT2D eigenvalue weighted by atomic mass is 10.2. The minimum absolute atomic E-state index is 0.392.